The van der Waals surface area contributed by atoms with Crippen LogP contribution in [0.15, 0.2) is 52.2 Å². The minimum Gasteiger partial charge on any atom is -0.461 e. The number of aromatic nitrogens is 3. The summed E-state index contributed by atoms with van der Waals surface area (Å²) >= 11 is 1.34. The van der Waals surface area contributed by atoms with Crippen LogP contribution in [0.3, 0.4) is 0 Å². The second-order valence-corrected chi connectivity index (χ2v) is 8.24. The molecule has 0 radical (unpaired) electrons. The van der Waals surface area contributed by atoms with Gasteiger partial charge in [0.2, 0.25) is 17.6 Å². The lowest BCUT2D eigenvalue weighted by molar-refractivity contribution is -0.132. The van der Waals surface area contributed by atoms with Crippen molar-refractivity contribution >= 4 is 23.6 Å². The quantitative estimate of drug-likeness (QED) is 0.609. The number of hydrogen-bond acceptors (Lipinski definition) is 6. The van der Waals surface area contributed by atoms with Gasteiger partial charge in [-0.2, -0.15) is 0 Å². The summed E-state index contributed by atoms with van der Waals surface area (Å²) in [5, 5.41) is 9.22. The summed E-state index contributed by atoms with van der Waals surface area (Å²) in [7, 11) is 0. The summed E-state index contributed by atoms with van der Waals surface area (Å²) in [6, 6.07) is 11.7. The average molecular weight is 426 g/mol. The van der Waals surface area contributed by atoms with E-state index in [4.69, 9.17) is 10.2 Å². The number of rotatable bonds is 6. The van der Waals surface area contributed by atoms with Crippen molar-refractivity contribution in [2.24, 2.45) is 11.7 Å². The lowest BCUT2D eigenvalue weighted by Gasteiger charge is -2.30. The van der Waals surface area contributed by atoms with Gasteiger partial charge in [0.05, 0.1) is 12.0 Å². The Hall–Kier alpha value is -3.07. The smallest absolute Gasteiger partial charge is 0.233 e. The van der Waals surface area contributed by atoms with E-state index in [0.717, 1.165) is 11.3 Å². The highest BCUT2D eigenvalue weighted by atomic mass is 32.2. The standard InChI is InChI=1S/C21H23N5O3S/c1-14-4-6-16(7-5-14)26-20(17-3-2-12-29-17)23-24-21(26)30-13-18(27)25-10-8-15(9-11-25)19(22)28/h2-7,12,15H,8-11,13H2,1H3,(H2,22,28). The van der Waals surface area contributed by atoms with Gasteiger partial charge in [-0.15, -0.1) is 10.2 Å². The maximum Gasteiger partial charge on any atom is 0.233 e. The van der Waals surface area contributed by atoms with E-state index in [2.05, 4.69) is 10.2 Å². The molecule has 1 aliphatic rings. The SMILES string of the molecule is Cc1ccc(-n2c(SCC(=O)N3CCC(C(N)=O)CC3)nnc2-c2ccco2)cc1. The maximum absolute atomic E-state index is 12.7. The molecule has 2 N–H and O–H groups in total. The van der Waals surface area contributed by atoms with Crippen LogP contribution in [0, 0.1) is 12.8 Å². The molecule has 3 aromatic rings. The number of carbonyl (C=O) groups is 2. The van der Waals surface area contributed by atoms with E-state index in [-0.39, 0.29) is 23.5 Å². The molecule has 1 saturated heterocycles. The molecule has 1 fully saturated rings. The summed E-state index contributed by atoms with van der Waals surface area (Å²) in [6.45, 7) is 3.13. The Morgan fingerprint density at radius 1 is 1.17 bits per heavy atom. The third-order valence-corrected chi connectivity index (χ3v) is 6.16. The molecule has 1 aliphatic heterocycles. The maximum atomic E-state index is 12.7. The topological polar surface area (TPSA) is 107 Å². The van der Waals surface area contributed by atoms with Gasteiger partial charge in [0.25, 0.3) is 0 Å². The van der Waals surface area contributed by atoms with E-state index in [1.54, 1.807) is 17.2 Å². The number of amides is 2. The number of hydrogen-bond donors (Lipinski definition) is 1. The Labute approximate surface area is 178 Å². The lowest BCUT2D eigenvalue weighted by Crippen LogP contribution is -2.42. The van der Waals surface area contributed by atoms with Crippen LogP contribution < -0.4 is 5.73 Å². The molecule has 3 heterocycles. The van der Waals surface area contributed by atoms with Gasteiger partial charge in [-0.25, -0.2) is 0 Å². The van der Waals surface area contributed by atoms with Gasteiger partial charge in [-0.05, 0) is 44.0 Å². The van der Waals surface area contributed by atoms with Crippen molar-refractivity contribution in [3.05, 3.63) is 48.2 Å². The van der Waals surface area contributed by atoms with Crippen molar-refractivity contribution < 1.29 is 14.0 Å². The monoisotopic (exact) mass is 425 g/mol. The fraction of sp³-hybridized carbons (Fsp3) is 0.333. The molecule has 9 heteroatoms. The van der Waals surface area contributed by atoms with E-state index >= 15 is 0 Å². The van der Waals surface area contributed by atoms with Crippen LogP contribution in [0.2, 0.25) is 0 Å². The van der Waals surface area contributed by atoms with Crippen LogP contribution in [0.5, 0.6) is 0 Å². The van der Waals surface area contributed by atoms with Gasteiger partial charge in [0, 0.05) is 24.7 Å². The molecular formula is C21H23N5O3S. The first-order valence-corrected chi connectivity index (χ1v) is 10.8. The zero-order valence-corrected chi connectivity index (χ0v) is 17.5. The highest BCUT2D eigenvalue weighted by Crippen LogP contribution is 2.29. The van der Waals surface area contributed by atoms with Crippen molar-refractivity contribution in [3.63, 3.8) is 0 Å². The highest BCUT2D eigenvalue weighted by molar-refractivity contribution is 7.99. The Balaban J connectivity index is 1.51. The van der Waals surface area contributed by atoms with Gasteiger partial charge < -0.3 is 15.1 Å². The number of nitrogens with two attached hydrogens (primary N) is 1. The molecule has 30 heavy (non-hydrogen) atoms. The van der Waals surface area contributed by atoms with Crippen LogP contribution in [-0.4, -0.2) is 50.3 Å². The summed E-state index contributed by atoms with van der Waals surface area (Å²) < 4.78 is 7.42. The molecule has 8 nitrogen and oxygen atoms in total. The molecule has 0 aliphatic carbocycles. The summed E-state index contributed by atoms with van der Waals surface area (Å²) in [4.78, 5) is 25.8. The summed E-state index contributed by atoms with van der Waals surface area (Å²) in [5.41, 5.74) is 7.42. The number of furan rings is 1. The van der Waals surface area contributed by atoms with Gasteiger partial charge in [0.1, 0.15) is 0 Å². The van der Waals surface area contributed by atoms with Crippen LogP contribution in [0.4, 0.5) is 0 Å². The Bertz CT molecular complexity index is 1020. The summed E-state index contributed by atoms with van der Waals surface area (Å²) in [5.74, 6) is 1.02. The third-order valence-electron chi connectivity index (χ3n) is 5.24. The van der Waals surface area contributed by atoms with Crippen LogP contribution in [0.25, 0.3) is 17.3 Å². The van der Waals surface area contributed by atoms with Crippen molar-refractivity contribution in [2.45, 2.75) is 24.9 Å². The first-order chi connectivity index (χ1) is 14.5. The molecule has 156 valence electrons. The van der Waals surface area contributed by atoms with E-state index in [9.17, 15) is 9.59 Å². The molecule has 0 unspecified atom stereocenters. The fourth-order valence-electron chi connectivity index (χ4n) is 3.49. The Kier molecular flexibility index (Phi) is 5.89. The van der Waals surface area contributed by atoms with Gasteiger partial charge in [0.15, 0.2) is 10.9 Å². The van der Waals surface area contributed by atoms with E-state index in [1.165, 1.54) is 11.8 Å². The van der Waals surface area contributed by atoms with Gasteiger partial charge in [-0.1, -0.05) is 29.5 Å². The number of carbonyl (C=O) groups excluding carboxylic acids is 2. The molecular weight excluding hydrogens is 402 g/mol. The Morgan fingerprint density at radius 3 is 2.53 bits per heavy atom. The predicted octanol–water partition coefficient (Wildman–Crippen LogP) is 2.65. The zero-order chi connectivity index (χ0) is 21.1. The molecule has 0 spiro atoms. The number of likely N-dealkylation sites (tertiary alicyclic amines) is 1. The van der Waals surface area contributed by atoms with Gasteiger partial charge in [-0.3, -0.25) is 14.2 Å². The number of benzene rings is 1. The Morgan fingerprint density at radius 2 is 1.90 bits per heavy atom. The van der Waals surface area contributed by atoms with Crippen molar-refractivity contribution in [1.29, 1.82) is 0 Å². The number of nitrogens with zero attached hydrogens (tertiary/aromatic N) is 4. The lowest BCUT2D eigenvalue weighted by atomic mass is 9.96. The number of piperidine rings is 1. The molecule has 0 bridgehead atoms. The van der Waals surface area contributed by atoms with Crippen LogP contribution in [0.1, 0.15) is 18.4 Å². The first kappa shape index (κ1) is 20.2. The fourth-order valence-corrected chi connectivity index (χ4v) is 4.34. The van der Waals surface area contributed by atoms with E-state index < -0.39 is 0 Å². The molecule has 2 amide bonds. The van der Waals surface area contributed by atoms with Crippen LogP contribution >= 0.6 is 11.8 Å². The second kappa shape index (κ2) is 8.74. The zero-order valence-electron chi connectivity index (χ0n) is 16.7. The highest BCUT2D eigenvalue weighted by Gasteiger charge is 2.26. The van der Waals surface area contributed by atoms with E-state index in [1.807, 2.05) is 41.8 Å². The minimum atomic E-state index is -0.284. The first-order valence-electron chi connectivity index (χ1n) is 9.79. The second-order valence-electron chi connectivity index (χ2n) is 7.30. The van der Waals surface area contributed by atoms with Crippen molar-refractivity contribution in [3.8, 4) is 17.3 Å². The number of thioether (sulfide) groups is 1. The number of primary amides is 1. The van der Waals surface area contributed by atoms with Gasteiger partial charge >= 0.3 is 0 Å². The van der Waals surface area contributed by atoms with Crippen LogP contribution in [-0.2, 0) is 9.59 Å². The molecule has 0 saturated carbocycles. The molecule has 0 atom stereocenters. The summed E-state index contributed by atoms with van der Waals surface area (Å²) in [6.07, 6.45) is 2.83. The average Bonchev–Trinajstić information content (AvgIpc) is 3.42. The minimum absolute atomic E-state index is 0.0147. The predicted molar refractivity (Wildman–Crippen MR) is 113 cm³/mol. The normalized spacial score (nSPS) is 14.8. The van der Waals surface area contributed by atoms with Crippen molar-refractivity contribution in [2.75, 3.05) is 18.8 Å². The van der Waals surface area contributed by atoms with Crippen molar-refractivity contribution in [1.82, 2.24) is 19.7 Å². The largest absolute Gasteiger partial charge is 0.461 e. The number of aryl methyl sites for hydroxylation is 1. The molecule has 1 aromatic carbocycles. The van der Waals surface area contributed by atoms with E-state index in [0.29, 0.717) is 42.7 Å². The molecule has 2 aromatic heterocycles. The third kappa shape index (κ3) is 4.25. The molecule has 4 rings (SSSR count).